The van der Waals surface area contributed by atoms with Gasteiger partial charge in [-0.1, -0.05) is 32.4 Å². The Hall–Kier alpha value is -0.340. The van der Waals surface area contributed by atoms with E-state index in [0.717, 1.165) is 12.8 Å². The van der Waals surface area contributed by atoms with Gasteiger partial charge < -0.3 is 10.2 Å². The van der Waals surface area contributed by atoms with Crippen LogP contribution in [0.15, 0.2) is 11.6 Å². The average molecular weight is 236 g/mol. The van der Waals surface area contributed by atoms with Gasteiger partial charge in [0.15, 0.2) is 0 Å². The van der Waals surface area contributed by atoms with Gasteiger partial charge in [0.25, 0.3) is 0 Å². The summed E-state index contributed by atoms with van der Waals surface area (Å²) in [5, 5.41) is 19.6. The number of aliphatic hydroxyl groups is 2. The Morgan fingerprint density at radius 1 is 1.41 bits per heavy atom. The van der Waals surface area contributed by atoms with E-state index >= 15 is 0 Å². The molecule has 2 heteroatoms. The van der Waals surface area contributed by atoms with E-state index in [9.17, 15) is 10.2 Å². The highest BCUT2D eigenvalue weighted by atomic mass is 16.3. The molecule has 3 aliphatic carbocycles. The maximum absolute atomic E-state index is 9.89. The van der Waals surface area contributed by atoms with Crippen LogP contribution >= 0.6 is 0 Å². The molecule has 0 aromatic rings. The van der Waals surface area contributed by atoms with Crippen LogP contribution in [0.3, 0.4) is 0 Å². The van der Waals surface area contributed by atoms with E-state index in [-0.39, 0.29) is 16.9 Å². The van der Waals surface area contributed by atoms with Gasteiger partial charge in [-0.15, -0.1) is 0 Å². The molecule has 0 amide bonds. The normalized spacial score (nSPS) is 56.9. The standard InChI is InChI=1S/C15H24O2/c1-9-6-11(17)7-10-4-5-12-13(15(9,10)3)14(12,2)8-16/h7,9,11-13,16-17H,4-6,8H2,1-3H3/t9-,11+,12-,13+,14-,15+/m1/s1. The number of hydrogen-bond donors (Lipinski definition) is 2. The van der Waals surface area contributed by atoms with Crippen molar-refractivity contribution in [3.05, 3.63) is 11.6 Å². The number of fused-ring (bicyclic) bond motifs is 3. The predicted molar refractivity (Wildman–Crippen MR) is 67.4 cm³/mol. The van der Waals surface area contributed by atoms with Crippen molar-refractivity contribution in [1.82, 2.24) is 0 Å². The van der Waals surface area contributed by atoms with Crippen molar-refractivity contribution < 1.29 is 10.2 Å². The number of rotatable bonds is 1. The Kier molecular flexibility index (Phi) is 2.32. The van der Waals surface area contributed by atoms with E-state index in [4.69, 9.17) is 0 Å². The third-order valence-corrected chi connectivity index (χ3v) is 6.27. The first kappa shape index (κ1) is 11.7. The van der Waals surface area contributed by atoms with Crippen molar-refractivity contribution in [2.75, 3.05) is 6.61 Å². The molecule has 0 heterocycles. The molecule has 0 unspecified atom stereocenters. The molecular weight excluding hydrogens is 212 g/mol. The van der Waals surface area contributed by atoms with Gasteiger partial charge >= 0.3 is 0 Å². The monoisotopic (exact) mass is 236 g/mol. The van der Waals surface area contributed by atoms with Crippen LogP contribution in [-0.4, -0.2) is 22.9 Å². The number of allylic oxidation sites excluding steroid dienone is 1. The summed E-state index contributed by atoms with van der Waals surface area (Å²) in [6.45, 7) is 7.20. The van der Waals surface area contributed by atoms with Crippen LogP contribution in [0.1, 0.15) is 40.0 Å². The lowest BCUT2D eigenvalue weighted by atomic mass is 9.59. The Labute approximate surface area is 104 Å². The molecule has 2 fully saturated rings. The maximum atomic E-state index is 9.89. The topological polar surface area (TPSA) is 40.5 Å². The minimum Gasteiger partial charge on any atom is -0.396 e. The molecule has 0 aromatic heterocycles. The second-order valence-electron chi connectivity index (χ2n) is 6.97. The van der Waals surface area contributed by atoms with Crippen molar-refractivity contribution in [3.63, 3.8) is 0 Å². The van der Waals surface area contributed by atoms with E-state index in [2.05, 4.69) is 26.8 Å². The molecule has 3 rings (SSSR count). The second-order valence-corrected chi connectivity index (χ2v) is 6.97. The molecule has 3 aliphatic rings. The quantitative estimate of drug-likeness (QED) is 0.686. The van der Waals surface area contributed by atoms with Crippen LogP contribution in [0.4, 0.5) is 0 Å². The van der Waals surface area contributed by atoms with Gasteiger partial charge in [0, 0.05) is 6.61 Å². The van der Waals surface area contributed by atoms with Crippen LogP contribution in [0.2, 0.25) is 0 Å². The fraction of sp³-hybridized carbons (Fsp3) is 0.867. The first-order valence-corrected chi connectivity index (χ1v) is 6.94. The summed E-state index contributed by atoms with van der Waals surface area (Å²) >= 11 is 0. The van der Waals surface area contributed by atoms with Gasteiger partial charge in [0.2, 0.25) is 0 Å². The zero-order valence-electron chi connectivity index (χ0n) is 11.1. The minimum atomic E-state index is -0.247. The summed E-state index contributed by atoms with van der Waals surface area (Å²) < 4.78 is 0. The zero-order valence-corrected chi connectivity index (χ0v) is 11.1. The molecule has 0 saturated heterocycles. The molecule has 0 bridgehead atoms. The molecule has 17 heavy (non-hydrogen) atoms. The highest BCUT2D eigenvalue weighted by molar-refractivity contribution is 5.32. The van der Waals surface area contributed by atoms with Crippen LogP contribution in [0.5, 0.6) is 0 Å². The Bertz CT molecular complexity index is 375. The lowest BCUT2D eigenvalue weighted by molar-refractivity contribution is 0.0775. The van der Waals surface area contributed by atoms with Crippen LogP contribution < -0.4 is 0 Å². The van der Waals surface area contributed by atoms with Gasteiger partial charge in [0.1, 0.15) is 0 Å². The van der Waals surface area contributed by atoms with Crippen molar-refractivity contribution in [2.45, 2.75) is 46.1 Å². The fourth-order valence-electron chi connectivity index (χ4n) is 5.05. The Morgan fingerprint density at radius 2 is 2.12 bits per heavy atom. The molecule has 2 N–H and O–H groups in total. The first-order chi connectivity index (χ1) is 7.94. The summed E-state index contributed by atoms with van der Waals surface area (Å²) in [7, 11) is 0. The molecule has 2 saturated carbocycles. The molecule has 0 spiro atoms. The molecule has 0 radical (unpaired) electrons. The Balaban J connectivity index is 2.01. The lowest BCUT2D eigenvalue weighted by Gasteiger charge is -2.46. The van der Waals surface area contributed by atoms with E-state index in [0.29, 0.717) is 24.4 Å². The van der Waals surface area contributed by atoms with Crippen molar-refractivity contribution in [2.24, 2.45) is 28.6 Å². The average Bonchev–Trinajstić information content (AvgIpc) is 2.89. The second kappa shape index (κ2) is 3.36. The van der Waals surface area contributed by atoms with Gasteiger partial charge in [-0.3, -0.25) is 0 Å². The van der Waals surface area contributed by atoms with Crippen molar-refractivity contribution in [1.29, 1.82) is 0 Å². The number of hydrogen-bond acceptors (Lipinski definition) is 2. The lowest BCUT2D eigenvalue weighted by Crippen LogP contribution is -2.40. The SMILES string of the molecule is C[C@@H]1C[C@H](O)C=C2CC[C@@H]3[C@@H]([C@]3(C)CO)[C@]21C. The minimum absolute atomic E-state index is 0.140. The molecule has 0 aromatic carbocycles. The first-order valence-electron chi connectivity index (χ1n) is 6.94. The van der Waals surface area contributed by atoms with Crippen LogP contribution in [0, 0.1) is 28.6 Å². The molecular formula is C15H24O2. The van der Waals surface area contributed by atoms with Gasteiger partial charge in [-0.05, 0) is 47.8 Å². The summed E-state index contributed by atoms with van der Waals surface area (Å²) in [6, 6.07) is 0. The largest absolute Gasteiger partial charge is 0.396 e. The van der Waals surface area contributed by atoms with E-state index in [1.165, 1.54) is 12.0 Å². The Morgan fingerprint density at radius 3 is 2.76 bits per heavy atom. The summed E-state index contributed by atoms with van der Waals surface area (Å²) in [6.07, 6.45) is 5.05. The van der Waals surface area contributed by atoms with Crippen molar-refractivity contribution in [3.8, 4) is 0 Å². The highest BCUT2D eigenvalue weighted by Gasteiger charge is 2.70. The van der Waals surface area contributed by atoms with Crippen molar-refractivity contribution >= 4 is 0 Å². The third kappa shape index (κ3) is 1.29. The molecule has 96 valence electrons. The summed E-state index contributed by atoms with van der Waals surface area (Å²) in [5.74, 6) is 1.86. The zero-order chi connectivity index (χ0) is 12.4. The van der Waals surface area contributed by atoms with Gasteiger partial charge in [0.05, 0.1) is 6.10 Å². The van der Waals surface area contributed by atoms with Gasteiger partial charge in [-0.2, -0.15) is 0 Å². The number of aliphatic hydroxyl groups excluding tert-OH is 2. The van der Waals surface area contributed by atoms with Crippen LogP contribution in [-0.2, 0) is 0 Å². The molecule has 2 nitrogen and oxygen atoms in total. The van der Waals surface area contributed by atoms with E-state index in [1.54, 1.807) is 0 Å². The van der Waals surface area contributed by atoms with E-state index in [1.807, 2.05) is 0 Å². The fourth-order valence-corrected chi connectivity index (χ4v) is 5.05. The predicted octanol–water partition coefficient (Wildman–Crippen LogP) is 2.36. The van der Waals surface area contributed by atoms with Gasteiger partial charge in [-0.25, -0.2) is 0 Å². The third-order valence-electron chi connectivity index (χ3n) is 6.27. The maximum Gasteiger partial charge on any atom is 0.0726 e. The summed E-state index contributed by atoms with van der Waals surface area (Å²) in [4.78, 5) is 0. The summed E-state index contributed by atoms with van der Waals surface area (Å²) in [5.41, 5.74) is 1.82. The molecule has 6 atom stereocenters. The smallest absolute Gasteiger partial charge is 0.0726 e. The molecule has 0 aliphatic heterocycles. The highest BCUT2D eigenvalue weighted by Crippen LogP contribution is 2.74. The van der Waals surface area contributed by atoms with E-state index < -0.39 is 0 Å². The van der Waals surface area contributed by atoms with Crippen LogP contribution in [0.25, 0.3) is 0 Å².